The summed E-state index contributed by atoms with van der Waals surface area (Å²) in [4.78, 5) is 2.48. The van der Waals surface area contributed by atoms with E-state index in [0.717, 1.165) is 6.42 Å². The summed E-state index contributed by atoms with van der Waals surface area (Å²) in [6.07, 6.45) is 4.89. The van der Waals surface area contributed by atoms with Gasteiger partial charge in [0.15, 0.2) is 0 Å². The largest absolute Gasteiger partial charge is 0.302 e. The molecule has 0 N–H and O–H groups in total. The van der Waals surface area contributed by atoms with E-state index in [9.17, 15) is 0 Å². The Morgan fingerprint density at radius 1 is 0.537 bits per heavy atom. The SMILES string of the molecule is CN(C)C(c1ccccc1P(c1ccccc1)c1ccccc1)[C@@H]1CCC=C1P(c1ccccc1)c1ccccc1. The normalized spacial score (nSPS) is 15.8. The molecule has 0 aromatic heterocycles. The van der Waals surface area contributed by atoms with Crippen molar-refractivity contribution in [3.8, 4) is 0 Å². The first-order chi connectivity index (χ1) is 20.2. The molecule has 0 saturated heterocycles. The third kappa shape index (κ3) is 6.00. The Bertz CT molecular complexity index is 1490. The molecule has 41 heavy (non-hydrogen) atoms. The lowest BCUT2D eigenvalue weighted by molar-refractivity contribution is 0.238. The number of rotatable bonds is 9. The van der Waals surface area contributed by atoms with Gasteiger partial charge in [-0.3, -0.25) is 0 Å². The Morgan fingerprint density at radius 2 is 0.951 bits per heavy atom. The van der Waals surface area contributed by atoms with Gasteiger partial charge >= 0.3 is 0 Å². The Balaban J connectivity index is 1.48. The summed E-state index contributed by atoms with van der Waals surface area (Å²) >= 11 is 0. The van der Waals surface area contributed by atoms with Crippen molar-refractivity contribution in [2.24, 2.45) is 5.92 Å². The lowest BCUT2D eigenvalue weighted by Crippen LogP contribution is -2.34. The molecule has 5 aromatic rings. The highest BCUT2D eigenvalue weighted by Crippen LogP contribution is 2.55. The first kappa shape index (κ1) is 27.8. The monoisotopic (exact) mass is 569 g/mol. The Labute approximate surface area is 248 Å². The molecule has 1 nitrogen and oxygen atoms in total. The van der Waals surface area contributed by atoms with Crippen LogP contribution in [0.5, 0.6) is 0 Å². The van der Waals surface area contributed by atoms with Gasteiger partial charge < -0.3 is 4.90 Å². The second-order valence-corrected chi connectivity index (χ2v) is 15.2. The van der Waals surface area contributed by atoms with Crippen LogP contribution in [0.25, 0.3) is 0 Å². The molecule has 5 aromatic carbocycles. The summed E-state index contributed by atoms with van der Waals surface area (Å²) in [7, 11) is 3.24. The van der Waals surface area contributed by atoms with E-state index < -0.39 is 15.8 Å². The molecule has 6 rings (SSSR count). The van der Waals surface area contributed by atoms with Crippen molar-refractivity contribution in [1.29, 1.82) is 0 Å². The van der Waals surface area contributed by atoms with Crippen molar-refractivity contribution in [1.82, 2.24) is 4.90 Å². The minimum absolute atomic E-state index is 0.287. The van der Waals surface area contributed by atoms with E-state index in [-0.39, 0.29) is 6.04 Å². The molecule has 0 spiro atoms. The zero-order valence-electron chi connectivity index (χ0n) is 23.8. The van der Waals surface area contributed by atoms with Crippen LogP contribution in [-0.4, -0.2) is 19.0 Å². The lowest BCUT2D eigenvalue weighted by atomic mass is 9.91. The summed E-state index contributed by atoms with van der Waals surface area (Å²) in [6, 6.07) is 54.2. The van der Waals surface area contributed by atoms with E-state index in [1.54, 1.807) is 5.31 Å². The van der Waals surface area contributed by atoms with Gasteiger partial charge in [0, 0.05) is 12.0 Å². The fourth-order valence-corrected chi connectivity index (χ4v) is 11.5. The molecule has 1 aliphatic rings. The summed E-state index contributed by atoms with van der Waals surface area (Å²) in [6.45, 7) is 0. The molecule has 1 unspecified atom stereocenters. The average Bonchev–Trinajstić information content (AvgIpc) is 3.49. The van der Waals surface area contributed by atoms with Crippen LogP contribution in [0.4, 0.5) is 0 Å². The molecule has 0 radical (unpaired) electrons. The summed E-state index contributed by atoms with van der Waals surface area (Å²) in [5.74, 6) is 0.445. The number of hydrogen-bond acceptors (Lipinski definition) is 1. The van der Waals surface area contributed by atoms with Crippen molar-refractivity contribution in [3.63, 3.8) is 0 Å². The summed E-state index contributed by atoms with van der Waals surface area (Å²) < 4.78 is 0. The standard InChI is InChI=1S/C38H37NP2/c1-39(2)38(35-27-17-29-37(35)41(32-22-11-5-12-23-32)33-24-13-6-14-25-33)34-26-15-16-28-36(34)40(30-18-7-3-8-19-30)31-20-9-4-10-21-31/h3-16,18-26,28-29,35,38H,17,27H2,1-2H3/t35-,38?/m1/s1. The number of nitrogens with zero attached hydrogens (tertiary/aromatic N) is 1. The molecular formula is C38H37NP2. The Kier molecular flexibility index (Phi) is 8.88. The molecule has 0 amide bonds. The van der Waals surface area contributed by atoms with Crippen molar-refractivity contribution in [3.05, 3.63) is 163 Å². The highest BCUT2D eigenvalue weighted by molar-refractivity contribution is 7.80. The van der Waals surface area contributed by atoms with Gasteiger partial charge in [-0.05, 0) is 80.2 Å². The van der Waals surface area contributed by atoms with Crippen molar-refractivity contribution in [2.45, 2.75) is 18.9 Å². The molecule has 3 heteroatoms. The number of benzene rings is 5. The van der Waals surface area contributed by atoms with E-state index in [1.165, 1.54) is 38.5 Å². The van der Waals surface area contributed by atoms with Crippen LogP contribution in [0.2, 0.25) is 0 Å². The van der Waals surface area contributed by atoms with Gasteiger partial charge in [0.2, 0.25) is 0 Å². The second-order valence-electron chi connectivity index (χ2n) is 10.8. The molecule has 1 aliphatic carbocycles. The van der Waals surface area contributed by atoms with Gasteiger partial charge in [-0.1, -0.05) is 152 Å². The molecular weight excluding hydrogens is 532 g/mol. The molecule has 2 atom stereocenters. The maximum absolute atomic E-state index is 2.58. The van der Waals surface area contributed by atoms with Gasteiger partial charge in [-0.15, -0.1) is 0 Å². The van der Waals surface area contributed by atoms with Gasteiger partial charge in [0.25, 0.3) is 0 Å². The third-order valence-electron chi connectivity index (χ3n) is 7.96. The van der Waals surface area contributed by atoms with Crippen molar-refractivity contribution < 1.29 is 0 Å². The topological polar surface area (TPSA) is 3.24 Å². The second kappa shape index (κ2) is 13.1. The Morgan fingerprint density at radius 3 is 1.41 bits per heavy atom. The molecule has 0 bridgehead atoms. The van der Waals surface area contributed by atoms with Crippen molar-refractivity contribution in [2.75, 3.05) is 14.1 Å². The van der Waals surface area contributed by atoms with Crippen molar-refractivity contribution >= 4 is 42.4 Å². The minimum Gasteiger partial charge on any atom is -0.302 e. The van der Waals surface area contributed by atoms with Crippen LogP contribution in [0, 0.1) is 5.92 Å². The molecule has 0 fully saturated rings. The van der Waals surface area contributed by atoms with Crippen LogP contribution in [0.3, 0.4) is 0 Å². The maximum atomic E-state index is 2.58. The highest BCUT2D eigenvalue weighted by atomic mass is 31.1. The summed E-state index contributed by atoms with van der Waals surface area (Å²) in [5.41, 5.74) is 1.46. The predicted octanol–water partition coefficient (Wildman–Crippen LogP) is 7.47. The fraction of sp³-hybridized carbons (Fsp3) is 0.158. The number of hydrogen-bond donors (Lipinski definition) is 0. The van der Waals surface area contributed by atoms with Gasteiger partial charge in [0.05, 0.1) is 0 Å². The van der Waals surface area contributed by atoms with Gasteiger partial charge in [-0.2, -0.15) is 0 Å². The van der Waals surface area contributed by atoms with E-state index in [2.05, 4.69) is 171 Å². The van der Waals surface area contributed by atoms with Gasteiger partial charge in [0.1, 0.15) is 0 Å². The van der Waals surface area contributed by atoms with Crippen LogP contribution in [-0.2, 0) is 0 Å². The Hall–Kier alpha value is -3.34. The maximum Gasteiger partial charge on any atom is 0.0417 e. The summed E-state index contributed by atoms with van der Waals surface area (Å²) in [5, 5.41) is 8.76. The van der Waals surface area contributed by atoms with Crippen LogP contribution < -0.4 is 26.5 Å². The molecule has 0 saturated carbocycles. The fourth-order valence-electron chi connectivity index (χ4n) is 6.27. The third-order valence-corrected chi connectivity index (χ3v) is 13.1. The van der Waals surface area contributed by atoms with E-state index in [4.69, 9.17) is 0 Å². The average molecular weight is 570 g/mol. The van der Waals surface area contributed by atoms with E-state index in [0.29, 0.717) is 5.92 Å². The smallest absolute Gasteiger partial charge is 0.0417 e. The molecule has 204 valence electrons. The van der Waals surface area contributed by atoms with Crippen LogP contribution in [0.1, 0.15) is 24.4 Å². The number of allylic oxidation sites excluding steroid dienone is 1. The van der Waals surface area contributed by atoms with E-state index >= 15 is 0 Å². The quantitative estimate of drug-likeness (QED) is 0.167. The lowest BCUT2D eigenvalue weighted by Gasteiger charge is -2.37. The molecule has 0 aliphatic heterocycles. The highest BCUT2D eigenvalue weighted by Gasteiger charge is 2.37. The predicted molar refractivity (Wildman–Crippen MR) is 181 cm³/mol. The van der Waals surface area contributed by atoms with Crippen LogP contribution >= 0.6 is 15.8 Å². The minimum atomic E-state index is -0.696. The first-order valence-electron chi connectivity index (χ1n) is 14.5. The zero-order valence-corrected chi connectivity index (χ0v) is 25.6. The first-order valence-corrected chi connectivity index (χ1v) is 17.2. The zero-order chi connectivity index (χ0) is 28.0. The van der Waals surface area contributed by atoms with Gasteiger partial charge in [-0.25, -0.2) is 0 Å². The molecule has 0 heterocycles. The van der Waals surface area contributed by atoms with Crippen LogP contribution in [0.15, 0.2) is 157 Å². The van der Waals surface area contributed by atoms with E-state index in [1.807, 2.05) is 0 Å².